The van der Waals surface area contributed by atoms with Gasteiger partial charge in [-0.1, -0.05) is 38.1 Å². The van der Waals surface area contributed by atoms with Crippen molar-refractivity contribution in [1.29, 1.82) is 0 Å². The lowest BCUT2D eigenvalue weighted by Crippen LogP contribution is -2.04. The molecule has 0 saturated heterocycles. The first-order chi connectivity index (χ1) is 16.4. The number of halogens is 1. The van der Waals surface area contributed by atoms with E-state index in [-0.39, 0.29) is 18.6 Å². The second-order valence-corrected chi connectivity index (χ2v) is 8.95. The zero-order chi connectivity index (χ0) is 24.7. The van der Waals surface area contributed by atoms with Gasteiger partial charge in [0.2, 0.25) is 0 Å². The fourth-order valence-electron chi connectivity index (χ4n) is 4.00. The Hall–Kier alpha value is -3.44. The molecule has 0 spiro atoms. The van der Waals surface area contributed by atoms with Gasteiger partial charge < -0.3 is 14.0 Å². The average Bonchev–Trinajstić information content (AvgIpc) is 3.60. The zero-order valence-corrected chi connectivity index (χ0v) is 20.0. The molecule has 0 radical (unpaired) electrons. The quantitative estimate of drug-likeness (QED) is 0.373. The molecular formula is C27H30FNO5. The largest absolute Gasteiger partial charge is 0.497 e. The Morgan fingerprint density at radius 1 is 1.12 bits per heavy atom. The lowest BCUT2D eigenvalue weighted by molar-refractivity contribution is -0.191. The Kier molecular flexibility index (Phi) is 8.61. The van der Waals surface area contributed by atoms with E-state index in [9.17, 15) is 4.39 Å². The summed E-state index contributed by atoms with van der Waals surface area (Å²) < 4.78 is 31.6. The number of benzene rings is 2. The van der Waals surface area contributed by atoms with E-state index < -0.39 is 0 Å². The van der Waals surface area contributed by atoms with Gasteiger partial charge in [0.15, 0.2) is 5.76 Å². The summed E-state index contributed by atoms with van der Waals surface area (Å²) in [6, 6.07) is 12.9. The van der Waals surface area contributed by atoms with Gasteiger partial charge in [-0.15, -0.1) is 0 Å². The van der Waals surface area contributed by atoms with Crippen LogP contribution in [0.1, 0.15) is 56.4 Å². The summed E-state index contributed by atoms with van der Waals surface area (Å²) in [5.74, 6) is 3.17. The summed E-state index contributed by atoms with van der Waals surface area (Å²) in [7, 11) is 1.56. The molecule has 0 unspecified atom stereocenters. The topological polar surface area (TPSA) is 78.6 Å². The first-order valence-corrected chi connectivity index (χ1v) is 11.4. The van der Waals surface area contributed by atoms with Gasteiger partial charge in [0.25, 0.3) is 0 Å². The van der Waals surface area contributed by atoms with Gasteiger partial charge in [-0.2, -0.15) is 9.59 Å². The number of rotatable bonds is 9. The fourth-order valence-corrected chi connectivity index (χ4v) is 4.00. The molecule has 2 aromatic carbocycles. The summed E-state index contributed by atoms with van der Waals surface area (Å²) in [6.07, 6.45) is 3.59. The Balaban J connectivity index is 0.00000103. The summed E-state index contributed by atoms with van der Waals surface area (Å²) in [6.45, 7) is 6.79. The van der Waals surface area contributed by atoms with Gasteiger partial charge >= 0.3 is 6.15 Å². The normalized spacial score (nSPS) is 13.6. The van der Waals surface area contributed by atoms with Crippen LogP contribution in [0.3, 0.4) is 0 Å². The second kappa shape index (κ2) is 11.6. The van der Waals surface area contributed by atoms with Gasteiger partial charge in [0.1, 0.15) is 29.6 Å². The van der Waals surface area contributed by atoms with Crippen molar-refractivity contribution in [2.75, 3.05) is 7.11 Å². The highest BCUT2D eigenvalue weighted by Crippen LogP contribution is 2.42. The van der Waals surface area contributed by atoms with Crippen LogP contribution in [0.25, 0.3) is 11.3 Å². The average molecular weight is 468 g/mol. The van der Waals surface area contributed by atoms with Crippen molar-refractivity contribution in [3.05, 3.63) is 65.1 Å². The Labute approximate surface area is 199 Å². The molecule has 180 valence electrons. The molecule has 34 heavy (non-hydrogen) atoms. The van der Waals surface area contributed by atoms with Crippen molar-refractivity contribution in [2.45, 2.75) is 52.6 Å². The van der Waals surface area contributed by atoms with E-state index in [1.165, 1.54) is 24.5 Å². The highest BCUT2D eigenvalue weighted by Gasteiger charge is 2.29. The van der Waals surface area contributed by atoms with Crippen LogP contribution < -0.4 is 9.47 Å². The van der Waals surface area contributed by atoms with Gasteiger partial charge in [0, 0.05) is 5.56 Å². The molecule has 1 fully saturated rings. The summed E-state index contributed by atoms with van der Waals surface area (Å²) in [5.41, 5.74) is 3.24. The molecule has 0 amide bonds. The van der Waals surface area contributed by atoms with Crippen molar-refractivity contribution >= 4 is 6.15 Å². The summed E-state index contributed by atoms with van der Waals surface area (Å²) in [4.78, 5) is 16.2. The van der Waals surface area contributed by atoms with Crippen molar-refractivity contribution in [3.8, 4) is 22.8 Å². The van der Waals surface area contributed by atoms with E-state index in [4.69, 9.17) is 23.6 Å². The zero-order valence-electron chi connectivity index (χ0n) is 20.0. The Morgan fingerprint density at radius 3 is 2.50 bits per heavy atom. The highest BCUT2D eigenvalue weighted by molar-refractivity contribution is 5.64. The molecule has 0 N–H and O–H groups in total. The number of hydrogen-bond acceptors (Lipinski definition) is 6. The molecule has 7 heteroatoms. The minimum Gasteiger partial charge on any atom is -0.497 e. The lowest BCUT2D eigenvalue weighted by Gasteiger charge is -2.13. The monoisotopic (exact) mass is 467 g/mol. The van der Waals surface area contributed by atoms with Crippen molar-refractivity contribution < 1.29 is 28.0 Å². The van der Waals surface area contributed by atoms with E-state index >= 15 is 0 Å². The molecule has 1 atom stereocenters. The Bertz CT molecular complexity index is 1130. The number of ether oxygens (including phenoxy) is 2. The minimum absolute atomic E-state index is 0.250. The predicted molar refractivity (Wildman–Crippen MR) is 124 cm³/mol. The van der Waals surface area contributed by atoms with Crippen LogP contribution in [0.5, 0.6) is 11.5 Å². The van der Waals surface area contributed by atoms with E-state index in [0.29, 0.717) is 41.0 Å². The molecule has 1 aliphatic carbocycles. The number of methoxy groups -OCH3 is 1. The van der Waals surface area contributed by atoms with E-state index in [1.54, 1.807) is 19.2 Å². The standard InChI is InChI=1S/C26H30FNO3.CO2/c1-16(2)12-23-25(28-31-26(23)22-14-20(29-4)10-11-24(22)27)15-30-21-7-5-6-19(13-21)17(3)18-8-9-18;2-1-3/h5-7,10-11,13-14,16-18H,8-9,12,15H2,1-4H3;/t17-;/m0./s1. The van der Waals surface area contributed by atoms with Gasteiger partial charge in [-0.05, 0) is 72.9 Å². The van der Waals surface area contributed by atoms with Crippen LogP contribution in [-0.2, 0) is 22.6 Å². The van der Waals surface area contributed by atoms with Crippen LogP contribution in [0.4, 0.5) is 4.39 Å². The van der Waals surface area contributed by atoms with Crippen molar-refractivity contribution in [3.63, 3.8) is 0 Å². The lowest BCUT2D eigenvalue weighted by atomic mass is 9.96. The van der Waals surface area contributed by atoms with Crippen LogP contribution in [0.15, 0.2) is 47.0 Å². The molecule has 1 saturated carbocycles. The maximum Gasteiger partial charge on any atom is 0.373 e. The van der Waals surface area contributed by atoms with Crippen molar-refractivity contribution in [1.82, 2.24) is 5.16 Å². The number of nitrogens with zero attached hydrogens (tertiary/aromatic N) is 1. The smallest absolute Gasteiger partial charge is 0.373 e. The third-order valence-electron chi connectivity index (χ3n) is 5.99. The number of aromatic nitrogens is 1. The number of hydrogen-bond donors (Lipinski definition) is 0. The van der Waals surface area contributed by atoms with Gasteiger partial charge in [0.05, 0.1) is 12.7 Å². The molecular weight excluding hydrogens is 437 g/mol. The molecule has 1 heterocycles. The highest BCUT2D eigenvalue weighted by atomic mass is 19.1. The first-order valence-electron chi connectivity index (χ1n) is 11.4. The predicted octanol–water partition coefficient (Wildman–Crippen LogP) is 6.20. The first kappa shape index (κ1) is 25.2. The molecule has 3 aromatic rings. The Morgan fingerprint density at radius 2 is 1.85 bits per heavy atom. The van der Waals surface area contributed by atoms with Crippen LogP contribution in [0, 0.1) is 17.7 Å². The van der Waals surface area contributed by atoms with Crippen LogP contribution >= 0.6 is 0 Å². The van der Waals surface area contributed by atoms with Gasteiger partial charge in [-0.25, -0.2) is 4.39 Å². The van der Waals surface area contributed by atoms with E-state index in [1.807, 2.05) is 12.1 Å². The molecule has 4 rings (SSSR count). The SMILES string of the molecule is COc1ccc(F)c(-c2onc(COc3cccc([C@@H](C)C4CC4)c3)c2CC(C)C)c1.O=C=O. The van der Waals surface area contributed by atoms with Crippen molar-refractivity contribution in [2.24, 2.45) is 11.8 Å². The minimum atomic E-state index is -0.365. The summed E-state index contributed by atoms with van der Waals surface area (Å²) in [5, 5.41) is 4.25. The maximum absolute atomic E-state index is 14.6. The molecule has 0 aliphatic heterocycles. The summed E-state index contributed by atoms with van der Waals surface area (Å²) >= 11 is 0. The molecule has 6 nitrogen and oxygen atoms in total. The maximum atomic E-state index is 14.6. The molecule has 0 bridgehead atoms. The molecule has 1 aliphatic rings. The van der Waals surface area contributed by atoms with Gasteiger partial charge in [-0.3, -0.25) is 0 Å². The van der Waals surface area contributed by atoms with E-state index in [2.05, 4.69) is 38.1 Å². The third kappa shape index (κ3) is 6.33. The third-order valence-corrected chi connectivity index (χ3v) is 5.99. The van der Waals surface area contributed by atoms with Crippen LogP contribution in [0.2, 0.25) is 0 Å². The van der Waals surface area contributed by atoms with E-state index in [0.717, 1.165) is 17.2 Å². The second-order valence-electron chi connectivity index (χ2n) is 8.95. The molecule has 1 aromatic heterocycles. The fraction of sp³-hybridized carbons (Fsp3) is 0.407. The number of carbonyl (C=O) groups excluding carboxylic acids is 2. The van der Waals surface area contributed by atoms with Crippen LogP contribution in [-0.4, -0.2) is 18.4 Å².